The van der Waals surface area contributed by atoms with Gasteiger partial charge in [0.05, 0.1) is 6.61 Å². The van der Waals surface area contributed by atoms with Gasteiger partial charge in [0.2, 0.25) is 0 Å². The molecule has 0 radical (unpaired) electrons. The van der Waals surface area contributed by atoms with Crippen molar-refractivity contribution in [2.24, 2.45) is 0 Å². The second-order valence-corrected chi connectivity index (χ2v) is 18.0. The number of unbranched alkanes of at least 4 members (excludes halogenated alkanes) is 27. The van der Waals surface area contributed by atoms with Crippen LogP contribution in [-0.4, -0.2) is 98.3 Å². The molecule has 0 saturated heterocycles. The molecule has 0 spiro atoms. The summed E-state index contributed by atoms with van der Waals surface area (Å²) in [6.07, 6.45) is 21.7. The first-order chi connectivity index (χ1) is 27.9. The summed E-state index contributed by atoms with van der Waals surface area (Å²) >= 11 is 0. The zero-order valence-corrected chi connectivity index (χ0v) is 37.3. The Hall–Kier alpha value is -1.15. The van der Waals surface area contributed by atoms with Crippen molar-refractivity contribution in [3.05, 3.63) is 0 Å². The molecule has 1 aliphatic rings. The Morgan fingerprint density at radius 1 is 0.466 bits per heavy atom. The van der Waals surface area contributed by atoms with Crippen LogP contribution in [0.2, 0.25) is 0 Å². The van der Waals surface area contributed by atoms with Gasteiger partial charge in [-0.2, -0.15) is 0 Å². The van der Waals surface area contributed by atoms with Gasteiger partial charge in [0.15, 0.2) is 6.10 Å². The van der Waals surface area contributed by atoms with Crippen molar-refractivity contribution in [3.63, 3.8) is 0 Å². The summed E-state index contributed by atoms with van der Waals surface area (Å²) in [5, 5.41) is 50.1. The average Bonchev–Trinajstić information content (AvgIpc) is 3.20. The molecule has 1 fully saturated rings. The van der Waals surface area contributed by atoms with Crippen LogP contribution in [0.3, 0.4) is 0 Å². The largest absolute Gasteiger partial charge is 0.472 e. The molecule has 0 amide bonds. The lowest BCUT2D eigenvalue weighted by atomic mass is 9.85. The smallest absolute Gasteiger partial charge is 0.462 e. The van der Waals surface area contributed by atoms with Gasteiger partial charge in [0, 0.05) is 12.8 Å². The quantitative estimate of drug-likeness (QED) is 0.0194. The topological polar surface area (TPSA) is 210 Å². The van der Waals surface area contributed by atoms with Crippen molar-refractivity contribution in [3.8, 4) is 0 Å². The van der Waals surface area contributed by atoms with Gasteiger partial charge < -0.3 is 39.9 Å². The predicted octanol–water partition coefficient (Wildman–Crippen LogP) is 8.89. The number of rotatable bonds is 39. The van der Waals surface area contributed by atoms with Crippen molar-refractivity contribution in [1.82, 2.24) is 0 Å². The van der Waals surface area contributed by atoms with Crippen LogP contribution in [0.4, 0.5) is 0 Å². The third-order valence-corrected chi connectivity index (χ3v) is 12.2. The number of aliphatic hydroxyl groups is 5. The highest BCUT2D eigenvalue weighted by atomic mass is 31.2. The molecule has 0 heterocycles. The molecule has 1 saturated carbocycles. The molecule has 13 nitrogen and oxygen atoms in total. The molecule has 6 unspecified atom stereocenters. The van der Waals surface area contributed by atoms with E-state index in [1.54, 1.807) is 0 Å². The Bertz CT molecular complexity index is 1030. The van der Waals surface area contributed by atoms with Crippen molar-refractivity contribution < 1.29 is 63.1 Å². The molecular formula is C44H85O13P. The van der Waals surface area contributed by atoms with Gasteiger partial charge in [-0.25, -0.2) is 4.57 Å². The van der Waals surface area contributed by atoms with Gasteiger partial charge in [-0.15, -0.1) is 0 Å². The first-order valence-electron chi connectivity index (χ1n) is 23.3. The van der Waals surface area contributed by atoms with E-state index in [0.29, 0.717) is 12.8 Å². The highest BCUT2D eigenvalue weighted by molar-refractivity contribution is 7.47. The maximum Gasteiger partial charge on any atom is 0.472 e. The lowest BCUT2D eigenvalue weighted by Gasteiger charge is -2.41. The fraction of sp³-hybridized carbons (Fsp3) is 0.955. The Labute approximate surface area is 351 Å². The lowest BCUT2D eigenvalue weighted by molar-refractivity contribution is -0.220. The summed E-state index contributed by atoms with van der Waals surface area (Å²) in [5.41, 5.74) is 0. The van der Waals surface area contributed by atoms with E-state index in [2.05, 4.69) is 13.8 Å². The number of hydrogen-bond acceptors (Lipinski definition) is 12. The van der Waals surface area contributed by atoms with E-state index < -0.39 is 75.7 Å². The van der Waals surface area contributed by atoms with E-state index in [1.165, 1.54) is 135 Å². The van der Waals surface area contributed by atoms with Gasteiger partial charge in [-0.1, -0.05) is 187 Å². The second-order valence-electron chi connectivity index (χ2n) is 16.6. The number of phosphoric ester groups is 1. The van der Waals surface area contributed by atoms with Crippen molar-refractivity contribution in [1.29, 1.82) is 0 Å². The molecule has 1 rings (SSSR count). The third-order valence-electron chi connectivity index (χ3n) is 11.2. The number of aliphatic hydroxyl groups excluding tert-OH is 5. The van der Waals surface area contributed by atoms with Crippen molar-refractivity contribution in [2.45, 2.75) is 256 Å². The minimum atomic E-state index is -5.11. The molecule has 0 aromatic heterocycles. The van der Waals surface area contributed by atoms with E-state index >= 15 is 0 Å². The van der Waals surface area contributed by atoms with Gasteiger partial charge in [0.1, 0.15) is 43.2 Å². The molecule has 344 valence electrons. The number of carbonyl (C=O) groups is 2. The lowest BCUT2D eigenvalue weighted by Crippen LogP contribution is -2.64. The normalized spacial score (nSPS) is 22.4. The molecule has 0 aromatic rings. The summed E-state index contributed by atoms with van der Waals surface area (Å²) in [6, 6.07) is 0. The molecule has 0 aromatic carbocycles. The van der Waals surface area contributed by atoms with Crippen LogP contribution in [0.15, 0.2) is 0 Å². The van der Waals surface area contributed by atoms with E-state index in [9.17, 15) is 44.6 Å². The highest BCUT2D eigenvalue weighted by Gasteiger charge is 2.51. The summed E-state index contributed by atoms with van der Waals surface area (Å²) in [7, 11) is -5.11. The van der Waals surface area contributed by atoms with E-state index in [0.717, 1.165) is 38.5 Å². The van der Waals surface area contributed by atoms with Crippen molar-refractivity contribution >= 4 is 19.8 Å². The summed E-state index contributed by atoms with van der Waals surface area (Å²) in [4.78, 5) is 35.6. The maximum absolute atomic E-state index is 12.8. The second kappa shape index (κ2) is 35.4. The maximum atomic E-state index is 12.8. The van der Waals surface area contributed by atoms with Gasteiger partial charge in [-0.3, -0.25) is 18.6 Å². The number of carbonyl (C=O) groups excluding carboxylic acids is 2. The minimum Gasteiger partial charge on any atom is -0.462 e. The third kappa shape index (κ3) is 27.6. The number of ether oxygens (including phenoxy) is 2. The first kappa shape index (κ1) is 54.9. The Balaban J connectivity index is 2.40. The first-order valence-corrected chi connectivity index (χ1v) is 24.8. The summed E-state index contributed by atoms with van der Waals surface area (Å²) < 4.78 is 33.5. The van der Waals surface area contributed by atoms with E-state index in [1.807, 2.05) is 0 Å². The molecule has 58 heavy (non-hydrogen) atoms. The fourth-order valence-corrected chi connectivity index (χ4v) is 8.38. The van der Waals surface area contributed by atoms with Crippen LogP contribution in [-0.2, 0) is 32.7 Å². The zero-order valence-electron chi connectivity index (χ0n) is 36.4. The Morgan fingerprint density at radius 2 is 0.776 bits per heavy atom. The SMILES string of the molecule is CCCCCCCCCCCCCCCCCCCCCC(=O)O[C@H](COC(=O)CCCCCCCCCCCC)COP(=O)(O)OC1C(O)C(O)C(O)[C@H](O)C1O. The van der Waals surface area contributed by atoms with E-state index in [-0.39, 0.29) is 12.8 Å². The average molecular weight is 853 g/mol. The number of phosphoric acid groups is 1. The standard InChI is InChI=1S/C44H85O13P/c1-3-5-7-9-11-13-15-16-17-18-19-20-21-22-23-25-27-29-31-33-38(46)56-36(34-54-37(45)32-30-28-26-24-14-12-10-8-6-4-2)35-55-58(52,53)57-44-42(50)40(48)39(47)41(49)43(44)51/h36,39-44,47-51H,3-35H2,1-2H3,(H,52,53)/t36-,39?,40+,41?,42?,43?,44?/m1/s1. The van der Waals surface area contributed by atoms with Crippen LogP contribution in [0, 0.1) is 0 Å². The van der Waals surface area contributed by atoms with Gasteiger partial charge >= 0.3 is 19.8 Å². The minimum absolute atomic E-state index is 0.105. The van der Waals surface area contributed by atoms with Crippen LogP contribution >= 0.6 is 7.82 Å². The predicted molar refractivity (Wildman–Crippen MR) is 226 cm³/mol. The highest BCUT2D eigenvalue weighted by Crippen LogP contribution is 2.47. The molecule has 8 atom stereocenters. The van der Waals surface area contributed by atoms with Crippen molar-refractivity contribution in [2.75, 3.05) is 13.2 Å². The summed E-state index contributed by atoms with van der Waals surface area (Å²) in [5.74, 6) is -1.09. The Kier molecular flexibility index (Phi) is 33.5. The molecular weight excluding hydrogens is 767 g/mol. The monoisotopic (exact) mass is 853 g/mol. The van der Waals surface area contributed by atoms with Crippen LogP contribution in [0.25, 0.3) is 0 Å². The fourth-order valence-electron chi connectivity index (χ4n) is 7.41. The Morgan fingerprint density at radius 3 is 1.14 bits per heavy atom. The van der Waals surface area contributed by atoms with Crippen LogP contribution in [0.5, 0.6) is 0 Å². The molecule has 14 heteroatoms. The molecule has 6 N–H and O–H groups in total. The van der Waals surface area contributed by atoms with E-state index in [4.69, 9.17) is 18.5 Å². The summed E-state index contributed by atoms with van der Waals surface area (Å²) in [6.45, 7) is 3.30. The number of hydrogen-bond donors (Lipinski definition) is 6. The number of esters is 2. The van der Waals surface area contributed by atoms with Gasteiger partial charge in [0.25, 0.3) is 0 Å². The zero-order chi connectivity index (χ0) is 42.9. The van der Waals surface area contributed by atoms with Crippen LogP contribution in [0.1, 0.15) is 213 Å². The van der Waals surface area contributed by atoms with Crippen LogP contribution < -0.4 is 0 Å². The molecule has 0 bridgehead atoms. The molecule has 0 aliphatic heterocycles. The van der Waals surface area contributed by atoms with Gasteiger partial charge in [-0.05, 0) is 12.8 Å². The molecule has 1 aliphatic carbocycles.